The number of fused-ring (bicyclic) bond motifs is 2. The van der Waals surface area contributed by atoms with Crippen LogP contribution in [0.4, 0.5) is 11.4 Å². The van der Waals surface area contributed by atoms with Gasteiger partial charge >= 0.3 is 0 Å². The minimum atomic E-state index is -0.350. The summed E-state index contributed by atoms with van der Waals surface area (Å²) in [5, 5.41) is 12.5. The van der Waals surface area contributed by atoms with E-state index < -0.39 is 0 Å². The monoisotopic (exact) mass is 550 g/mol. The predicted octanol–water partition coefficient (Wildman–Crippen LogP) is 8.70. The Morgan fingerprint density at radius 2 is 1.73 bits per heavy atom. The molecule has 3 aromatic carbocycles. The van der Waals surface area contributed by atoms with E-state index in [1.165, 1.54) is 32.2 Å². The van der Waals surface area contributed by atoms with E-state index in [1.54, 1.807) is 23.5 Å². The van der Waals surface area contributed by atoms with Crippen LogP contribution in [0.1, 0.15) is 56.7 Å². The molecule has 0 saturated heterocycles. The summed E-state index contributed by atoms with van der Waals surface area (Å²) < 4.78 is 3.64. The molecule has 1 aliphatic rings. The number of nitrogens with zero attached hydrogens (tertiary/aromatic N) is 3. The fourth-order valence-corrected chi connectivity index (χ4v) is 6.68. The number of non-ortho nitro benzene ring substituents is 1. The first-order valence-electron chi connectivity index (χ1n) is 14.0. The van der Waals surface area contributed by atoms with Gasteiger partial charge in [-0.2, -0.15) is 4.57 Å². The van der Waals surface area contributed by atoms with E-state index in [2.05, 4.69) is 110 Å². The lowest BCUT2D eigenvalue weighted by Crippen LogP contribution is -2.34. The van der Waals surface area contributed by atoms with Crippen LogP contribution in [-0.2, 0) is 12.0 Å². The number of aryl methyl sites for hydroxylation is 1. The van der Waals surface area contributed by atoms with E-state index in [1.807, 2.05) is 12.1 Å². The molecule has 0 saturated carbocycles. The van der Waals surface area contributed by atoms with Crippen molar-refractivity contribution in [2.45, 2.75) is 52.5 Å². The van der Waals surface area contributed by atoms with Crippen molar-refractivity contribution in [2.75, 3.05) is 11.4 Å². The summed E-state index contributed by atoms with van der Waals surface area (Å²) in [7, 11) is 0. The molecule has 0 amide bonds. The number of hydrogen-bond donors (Lipinski definition) is 0. The van der Waals surface area contributed by atoms with Gasteiger partial charge in [0.1, 0.15) is 11.2 Å². The molecule has 0 aliphatic carbocycles. The second-order valence-corrected chi connectivity index (χ2v) is 11.7. The summed E-state index contributed by atoms with van der Waals surface area (Å²) in [6, 6.07) is 24.0. The van der Waals surface area contributed by atoms with Crippen LogP contribution in [0.5, 0.6) is 0 Å². The highest BCUT2D eigenvalue weighted by molar-refractivity contribution is 7.18. The van der Waals surface area contributed by atoms with Crippen LogP contribution in [0.3, 0.4) is 0 Å². The molecule has 0 unspecified atom stereocenters. The van der Waals surface area contributed by atoms with E-state index in [-0.39, 0.29) is 16.0 Å². The smallest absolute Gasteiger partial charge is 0.269 e. The third-order valence-electron chi connectivity index (χ3n) is 7.57. The van der Waals surface area contributed by atoms with Crippen LogP contribution in [0.15, 0.2) is 96.7 Å². The molecule has 0 spiro atoms. The van der Waals surface area contributed by atoms with Crippen molar-refractivity contribution in [3.63, 3.8) is 0 Å². The van der Waals surface area contributed by atoms with Crippen LogP contribution in [0, 0.1) is 10.1 Å². The third-order valence-corrected chi connectivity index (χ3v) is 8.70. The van der Waals surface area contributed by atoms with Crippen LogP contribution >= 0.6 is 11.3 Å². The number of para-hydroxylation sites is 2. The Balaban J connectivity index is 1.61. The molecule has 40 heavy (non-hydrogen) atoms. The van der Waals surface area contributed by atoms with Crippen LogP contribution in [0.2, 0.25) is 0 Å². The van der Waals surface area contributed by atoms with Gasteiger partial charge < -0.3 is 4.90 Å². The highest BCUT2D eigenvalue weighted by Gasteiger charge is 2.39. The zero-order chi connectivity index (χ0) is 28.3. The molecule has 2 heterocycles. The molecule has 1 aliphatic heterocycles. The van der Waals surface area contributed by atoms with Crippen molar-refractivity contribution in [2.24, 2.45) is 0 Å². The van der Waals surface area contributed by atoms with Gasteiger partial charge in [-0.3, -0.25) is 10.1 Å². The maximum absolute atomic E-state index is 11.3. The largest absolute Gasteiger partial charge is 0.344 e. The first-order valence-corrected chi connectivity index (χ1v) is 14.8. The van der Waals surface area contributed by atoms with Gasteiger partial charge in [-0.05, 0) is 59.5 Å². The van der Waals surface area contributed by atoms with Crippen molar-refractivity contribution < 1.29 is 9.49 Å². The summed E-state index contributed by atoms with van der Waals surface area (Å²) in [5.74, 6) is 0. The van der Waals surface area contributed by atoms with Crippen molar-refractivity contribution in [1.29, 1.82) is 0 Å². The Morgan fingerprint density at radius 3 is 2.45 bits per heavy atom. The zero-order valence-electron chi connectivity index (χ0n) is 23.6. The molecule has 0 N–H and O–H groups in total. The number of hydrogen-bond acceptors (Lipinski definition) is 4. The standard InChI is InChI=1S/C34H36N3O2S/c1-5-23-35-29-12-8-7-11-28(29)34(3,4)32(35)21-17-26(25-15-19-27(20-16-25)37(38)39)18-22-33-36(24-6-2)30-13-9-10-14-31(30)40-33/h7-22H,5-6,23-24H2,1-4H3/q+1. The van der Waals surface area contributed by atoms with Crippen molar-refractivity contribution in [3.05, 3.63) is 123 Å². The van der Waals surface area contributed by atoms with Crippen molar-refractivity contribution in [3.8, 4) is 0 Å². The molecular formula is C34H36N3O2S+. The van der Waals surface area contributed by atoms with Crippen LogP contribution < -0.4 is 9.47 Å². The summed E-state index contributed by atoms with van der Waals surface area (Å²) in [6.45, 7) is 10.9. The van der Waals surface area contributed by atoms with Crippen LogP contribution in [-0.4, -0.2) is 11.5 Å². The Kier molecular flexibility index (Phi) is 7.99. The van der Waals surface area contributed by atoms with E-state index in [9.17, 15) is 10.1 Å². The zero-order valence-corrected chi connectivity index (χ0v) is 24.4. The third kappa shape index (κ3) is 5.24. The molecular weight excluding hydrogens is 514 g/mol. The first kappa shape index (κ1) is 27.5. The molecule has 0 fully saturated rings. The highest BCUT2D eigenvalue weighted by Crippen LogP contribution is 2.47. The Bertz CT molecular complexity index is 1630. The molecule has 0 bridgehead atoms. The molecule has 5 rings (SSSR count). The normalized spacial score (nSPS) is 15.8. The molecule has 0 atom stereocenters. The van der Waals surface area contributed by atoms with E-state index in [4.69, 9.17) is 0 Å². The van der Waals surface area contributed by atoms with Crippen molar-refractivity contribution in [1.82, 2.24) is 0 Å². The van der Waals surface area contributed by atoms with E-state index in [0.717, 1.165) is 37.1 Å². The average molecular weight is 551 g/mol. The summed E-state index contributed by atoms with van der Waals surface area (Å²) >= 11 is 1.79. The number of nitro benzene ring substituents is 1. The lowest BCUT2D eigenvalue weighted by atomic mass is 9.83. The molecule has 0 radical (unpaired) electrons. The minimum absolute atomic E-state index is 0.0947. The Hall–Kier alpha value is -4.03. The number of rotatable bonds is 9. The molecule has 5 nitrogen and oxygen atoms in total. The second-order valence-electron chi connectivity index (χ2n) is 10.7. The quantitative estimate of drug-likeness (QED) is 0.0906. The van der Waals surface area contributed by atoms with Crippen molar-refractivity contribution >= 4 is 44.6 Å². The average Bonchev–Trinajstić information content (AvgIpc) is 3.41. The van der Waals surface area contributed by atoms with Gasteiger partial charge in [0.15, 0.2) is 0 Å². The van der Waals surface area contributed by atoms with Gasteiger partial charge in [-0.25, -0.2) is 0 Å². The second kappa shape index (κ2) is 11.6. The number of allylic oxidation sites excluding steroid dienone is 5. The number of thiazole rings is 1. The maximum atomic E-state index is 11.3. The van der Waals surface area contributed by atoms with Gasteiger partial charge in [-0.15, -0.1) is 0 Å². The highest BCUT2D eigenvalue weighted by atomic mass is 32.1. The molecule has 1 aromatic heterocycles. The Morgan fingerprint density at radius 1 is 1.00 bits per heavy atom. The lowest BCUT2D eigenvalue weighted by Gasteiger charge is -2.26. The van der Waals surface area contributed by atoms with Gasteiger partial charge in [0, 0.05) is 54.0 Å². The Labute approximate surface area is 240 Å². The number of aromatic nitrogens is 1. The topological polar surface area (TPSA) is 50.3 Å². The molecule has 4 aromatic rings. The van der Waals surface area contributed by atoms with Gasteiger partial charge in [0.05, 0.1) is 4.92 Å². The first-order chi connectivity index (χ1) is 19.3. The van der Waals surface area contributed by atoms with E-state index >= 15 is 0 Å². The lowest BCUT2D eigenvalue weighted by molar-refractivity contribution is -0.668. The number of benzene rings is 3. The predicted molar refractivity (Wildman–Crippen MR) is 168 cm³/mol. The van der Waals surface area contributed by atoms with Gasteiger partial charge in [0.2, 0.25) is 5.52 Å². The summed E-state index contributed by atoms with van der Waals surface area (Å²) in [5.41, 5.74) is 7.01. The number of anilines is 1. The van der Waals surface area contributed by atoms with Crippen LogP contribution in [0.25, 0.3) is 21.9 Å². The van der Waals surface area contributed by atoms with Gasteiger partial charge in [-0.1, -0.05) is 75.4 Å². The molecule has 204 valence electrons. The van der Waals surface area contributed by atoms with E-state index in [0.29, 0.717) is 0 Å². The SMILES string of the molecule is CCCN1/C(=C/C=C(/C=C/c2sc3ccccc3[n+]2CCC)c2ccc([N+](=O)[O-])cc2)C(C)(C)c2ccccc21. The molecule has 6 heteroatoms. The summed E-state index contributed by atoms with van der Waals surface area (Å²) in [6.07, 6.45) is 10.8. The van der Waals surface area contributed by atoms with Gasteiger partial charge in [0.25, 0.3) is 10.7 Å². The maximum Gasteiger partial charge on any atom is 0.269 e. The fourth-order valence-electron chi connectivity index (χ4n) is 5.59. The minimum Gasteiger partial charge on any atom is -0.344 e. The fraction of sp³-hybridized carbons (Fsp3) is 0.265. The number of nitro groups is 1. The summed E-state index contributed by atoms with van der Waals surface area (Å²) in [4.78, 5) is 13.4.